The predicted octanol–water partition coefficient (Wildman–Crippen LogP) is 3.02. The summed E-state index contributed by atoms with van der Waals surface area (Å²) in [7, 11) is 1.25. The molecule has 2 unspecified atom stereocenters. The van der Waals surface area contributed by atoms with Crippen LogP contribution in [0.25, 0.3) is 0 Å². The molecule has 2 aliphatic rings. The highest BCUT2D eigenvalue weighted by Gasteiger charge is 2.47. The SMILES string of the molecule is CCC.COC(=O)C1=C(CN2CC(F)(F)CC2C(C)=O)NC(c2nccs2)=NC1C. The van der Waals surface area contributed by atoms with E-state index in [0.29, 0.717) is 16.5 Å². The van der Waals surface area contributed by atoms with E-state index in [1.54, 1.807) is 18.5 Å². The molecule has 2 atom stereocenters. The average Bonchev–Trinajstić information content (AvgIpc) is 3.29. The summed E-state index contributed by atoms with van der Waals surface area (Å²) in [5.41, 5.74) is 0.661. The van der Waals surface area contributed by atoms with Gasteiger partial charge in [-0.15, -0.1) is 11.3 Å². The van der Waals surface area contributed by atoms with Crippen LogP contribution in [0.15, 0.2) is 27.8 Å². The zero-order chi connectivity index (χ0) is 22.5. The lowest BCUT2D eigenvalue weighted by atomic mass is 10.0. The number of methoxy groups -OCH3 is 1. The van der Waals surface area contributed by atoms with E-state index in [4.69, 9.17) is 4.74 Å². The zero-order valence-electron chi connectivity index (χ0n) is 17.9. The van der Waals surface area contributed by atoms with Gasteiger partial charge in [-0.25, -0.2) is 18.6 Å². The molecule has 0 bridgehead atoms. The fourth-order valence-corrected chi connectivity index (χ4v) is 3.97. The van der Waals surface area contributed by atoms with E-state index in [0.717, 1.165) is 0 Å². The highest BCUT2D eigenvalue weighted by atomic mass is 32.1. The lowest BCUT2D eigenvalue weighted by molar-refractivity contribution is -0.136. The number of hydrogen-bond acceptors (Lipinski definition) is 8. The van der Waals surface area contributed by atoms with Crippen molar-refractivity contribution in [2.45, 2.75) is 58.5 Å². The van der Waals surface area contributed by atoms with Crippen LogP contribution >= 0.6 is 11.3 Å². The number of nitrogens with one attached hydrogen (secondary N) is 1. The molecule has 2 aliphatic heterocycles. The van der Waals surface area contributed by atoms with Crippen molar-refractivity contribution in [2.75, 3.05) is 20.2 Å². The first kappa shape index (κ1) is 24.1. The Hall–Kier alpha value is -2.20. The van der Waals surface area contributed by atoms with Crippen molar-refractivity contribution in [1.29, 1.82) is 0 Å². The van der Waals surface area contributed by atoms with E-state index in [2.05, 4.69) is 29.1 Å². The Morgan fingerprint density at radius 1 is 1.40 bits per heavy atom. The number of alkyl halides is 2. The van der Waals surface area contributed by atoms with Crippen LogP contribution in [0, 0.1) is 0 Å². The molecule has 0 aliphatic carbocycles. The molecule has 0 spiro atoms. The van der Waals surface area contributed by atoms with Crippen molar-refractivity contribution in [3.8, 4) is 0 Å². The van der Waals surface area contributed by atoms with Crippen LogP contribution in [-0.4, -0.2) is 65.7 Å². The van der Waals surface area contributed by atoms with Crippen molar-refractivity contribution in [3.63, 3.8) is 0 Å². The molecule has 0 radical (unpaired) electrons. The van der Waals surface area contributed by atoms with Gasteiger partial charge in [-0.05, 0) is 13.8 Å². The summed E-state index contributed by atoms with van der Waals surface area (Å²) in [6.07, 6.45) is 2.35. The number of ketones is 1. The van der Waals surface area contributed by atoms with Crippen LogP contribution in [-0.2, 0) is 14.3 Å². The number of esters is 1. The monoisotopic (exact) mass is 442 g/mol. The van der Waals surface area contributed by atoms with E-state index in [1.165, 1.54) is 36.7 Å². The van der Waals surface area contributed by atoms with Gasteiger partial charge in [-0.3, -0.25) is 14.7 Å². The number of likely N-dealkylation sites (tertiary alicyclic amines) is 1. The summed E-state index contributed by atoms with van der Waals surface area (Å²) >= 11 is 1.37. The van der Waals surface area contributed by atoms with E-state index in [1.807, 2.05) is 0 Å². The maximum atomic E-state index is 13.9. The van der Waals surface area contributed by atoms with Gasteiger partial charge in [0.1, 0.15) is 5.78 Å². The van der Waals surface area contributed by atoms with Crippen LogP contribution in [0.1, 0.15) is 45.5 Å². The summed E-state index contributed by atoms with van der Waals surface area (Å²) in [4.78, 5) is 34.1. The number of Topliss-reactive ketones (excluding diaryl/α,β-unsaturated/α-hetero) is 1. The minimum atomic E-state index is -2.95. The van der Waals surface area contributed by atoms with Crippen molar-refractivity contribution >= 4 is 28.9 Å². The summed E-state index contributed by atoms with van der Waals surface area (Å²) in [5, 5.41) is 5.46. The number of nitrogens with zero attached hydrogens (tertiary/aromatic N) is 3. The van der Waals surface area contributed by atoms with Crippen LogP contribution in [0.5, 0.6) is 0 Å². The molecule has 3 heterocycles. The molecule has 1 saturated heterocycles. The third-order valence-electron chi connectivity index (χ3n) is 4.57. The second-order valence-electron chi connectivity index (χ2n) is 7.30. The summed E-state index contributed by atoms with van der Waals surface area (Å²) in [5.74, 6) is -3.40. The quantitative estimate of drug-likeness (QED) is 0.706. The van der Waals surface area contributed by atoms with E-state index in [9.17, 15) is 18.4 Å². The van der Waals surface area contributed by atoms with Crippen molar-refractivity contribution in [3.05, 3.63) is 27.9 Å². The number of halogens is 2. The normalized spacial score (nSPS) is 23.2. The minimum absolute atomic E-state index is 0.0149. The highest BCUT2D eigenvalue weighted by molar-refractivity contribution is 7.11. The fraction of sp³-hybridized carbons (Fsp3) is 0.600. The van der Waals surface area contributed by atoms with Crippen LogP contribution < -0.4 is 5.32 Å². The molecule has 1 aromatic rings. The van der Waals surface area contributed by atoms with Gasteiger partial charge in [-0.2, -0.15) is 0 Å². The summed E-state index contributed by atoms with van der Waals surface area (Å²) in [6.45, 7) is 6.71. The number of carbonyl (C=O) groups excluding carboxylic acids is 2. The molecule has 1 aromatic heterocycles. The smallest absolute Gasteiger partial charge is 0.337 e. The first-order valence-corrected chi connectivity index (χ1v) is 10.7. The molecule has 0 aromatic carbocycles. The number of hydrogen-bond donors (Lipinski definition) is 1. The van der Waals surface area contributed by atoms with E-state index >= 15 is 0 Å². The Kier molecular flexibility index (Phi) is 8.19. The van der Waals surface area contributed by atoms with Gasteiger partial charge in [0.25, 0.3) is 5.92 Å². The molecular formula is C20H28F2N4O3S. The van der Waals surface area contributed by atoms with Gasteiger partial charge in [0.15, 0.2) is 10.8 Å². The Morgan fingerprint density at radius 2 is 2.07 bits per heavy atom. The van der Waals surface area contributed by atoms with Crippen LogP contribution in [0.4, 0.5) is 8.78 Å². The van der Waals surface area contributed by atoms with Gasteiger partial charge < -0.3 is 10.1 Å². The number of aliphatic imine (C=N–C) groups is 1. The fourth-order valence-electron chi connectivity index (χ4n) is 3.38. The standard InChI is InChI=1S/C17H20F2N4O3S.C3H8/c1-9-13(16(25)26-3)11(22-14(21-9)15-20-4-5-27-15)7-23-8-17(18,19)6-12(23)10(2)24;1-3-2/h4-5,9,12H,6-8H2,1-3H3,(H,21,22);3H2,1-2H3. The number of ether oxygens (including phenoxy) is 1. The summed E-state index contributed by atoms with van der Waals surface area (Å²) < 4.78 is 32.7. The Balaban J connectivity index is 0.00000101. The Labute approximate surface area is 179 Å². The molecule has 166 valence electrons. The number of thiazole rings is 1. The van der Waals surface area contributed by atoms with Gasteiger partial charge in [0.2, 0.25) is 0 Å². The number of amidine groups is 1. The van der Waals surface area contributed by atoms with Crippen molar-refractivity contribution in [2.24, 2.45) is 4.99 Å². The van der Waals surface area contributed by atoms with Crippen LogP contribution in [0.3, 0.4) is 0 Å². The summed E-state index contributed by atoms with van der Waals surface area (Å²) in [6, 6.07) is -1.43. The van der Waals surface area contributed by atoms with Crippen molar-refractivity contribution in [1.82, 2.24) is 15.2 Å². The van der Waals surface area contributed by atoms with E-state index in [-0.39, 0.29) is 17.9 Å². The average molecular weight is 443 g/mol. The molecule has 1 fully saturated rings. The maximum absolute atomic E-state index is 13.9. The third-order valence-corrected chi connectivity index (χ3v) is 5.35. The molecule has 10 heteroatoms. The maximum Gasteiger partial charge on any atom is 0.337 e. The van der Waals surface area contributed by atoms with Gasteiger partial charge >= 0.3 is 5.97 Å². The Morgan fingerprint density at radius 3 is 2.60 bits per heavy atom. The lowest BCUT2D eigenvalue weighted by Crippen LogP contribution is -2.43. The number of rotatable bonds is 5. The third kappa shape index (κ3) is 5.69. The van der Waals surface area contributed by atoms with Gasteiger partial charge in [0, 0.05) is 30.2 Å². The molecule has 3 rings (SSSR count). The first-order valence-electron chi connectivity index (χ1n) is 9.81. The molecule has 0 amide bonds. The molecule has 1 N–H and O–H groups in total. The zero-order valence-corrected chi connectivity index (χ0v) is 18.7. The number of aromatic nitrogens is 1. The second kappa shape index (κ2) is 10.2. The molecular weight excluding hydrogens is 414 g/mol. The van der Waals surface area contributed by atoms with Crippen molar-refractivity contribution < 1.29 is 23.1 Å². The topological polar surface area (TPSA) is 83.9 Å². The largest absolute Gasteiger partial charge is 0.466 e. The lowest BCUT2D eigenvalue weighted by Gasteiger charge is -2.29. The number of carbonyl (C=O) groups is 2. The minimum Gasteiger partial charge on any atom is -0.466 e. The van der Waals surface area contributed by atoms with Gasteiger partial charge in [-0.1, -0.05) is 20.3 Å². The highest BCUT2D eigenvalue weighted by Crippen LogP contribution is 2.33. The molecule has 30 heavy (non-hydrogen) atoms. The Bertz CT molecular complexity index is 824. The second-order valence-corrected chi connectivity index (χ2v) is 8.19. The molecule has 0 saturated carbocycles. The first-order chi connectivity index (χ1) is 14.1. The predicted molar refractivity (Wildman–Crippen MR) is 112 cm³/mol. The van der Waals surface area contributed by atoms with Crippen LogP contribution in [0.2, 0.25) is 0 Å². The van der Waals surface area contributed by atoms with E-state index < -0.39 is 36.9 Å². The van der Waals surface area contributed by atoms with Gasteiger partial charge in [0.05, 0.1) is 31.3 Å². The molecule has 7 nitrogen and oxygen atoms in total.